The average molecular weight is 528 g/mol. The standard InChI is InChI=1S/C26H13F4I/c27-21-10-9-14(11-22(21)28)15-5-1-3-7-17(15)25-20-13-24(30)23(29)12-19(20)16-6-2-4-8-18(16)26(25)31/h1-13H. The highest BCUT2D eigenvalue weighted by Crippen LogP contribution is 2.43. The lowest BCUT2D eigenvalue weighted by Gasteiger charge is -2.18. The van der Waals surface area contributed by atoms with Crippen molar-refractivity contribution in [2.24, 2.45) is 0 Å². The van der Waals surface area contributed by atoms with Crippen molar-refractivity contribution in [2.75, 3.05) is 0 Å². The maximum atomic E-state index is 14.3. The fourth-order valence-electron chi connectivity index (χ4n) is 4.02. The van der Waals surface area contributed by atoms with Gasteiger partial charge in [-0.15, -0.1) is 0 Å². The molecule has 152 valence electrons. The quantitative estimate of drug-likeness (QED) is 0.123. The molecule has 5 aromatic carbocycles. The van der Waals surface area contributed by atoms with E-state index in [1.54, 1.807) is 12.1 Å². The Morgan fingerprint density at radius 2 is 1.06 bits per heavy atom. The second-order valence-electron chi connectivity index (χ2n) is 7.22. The maximum Gasteiger partial charge on any atom is 0.159 e. The van der Waals surface area contributed by atoms with Crippen molar-refractivity contribution in [2.45, 2.75) is 0 Å². The molecule has 5 aromatic rings. The van der Waals surface area contributed by atoms with E-state index in [2.05, 4.69) is 22.6 Å². The molecule has 0 spiro atoms. The Balaban J connectivity index is 1.93. The first-order chi connectivity index (χ1) is 15.0. The van der Waals surface area contributed by atoms with Crippen LogP contribution in [0.3, 0.4) is 0 Å². The zero-order valence-electron chi connectivity index (χ0n) is 15.9. The van der Waals surface area contributed by atoms with Crippen LogP contribution >= 0.6 is 22.6 Å². The van der Waals surface area contributed by atoms with Gasteiger partial charge in [0.15, 0.2) is 23.3 Å². The summed E-state index contributed by atoms with van der Waals surface area (Å²) in [6.45, 7) is 0. The number of hydrogen-bond donors (Lipinski definition) is 0. The van der Waals surface area contributed by atoms with Crippen molar-refractivity contribution >= 4 is 44.1 Å². The predicted octanol–water partition coefficient (Wildman–Crippen LogP) is 8.49. The first-order valence-electron chi connectivity index (χ1n) is 9.49. The van der Waals surface area contributed by atoms with Gasteiger partial charge in [0, 0.05) is 9.13 Å². The van der Waals surface area contributed by atoms with Gasteiger partial charge in [0.25, 0.3) is 0 Å². The first kappa shape index (κ1) is 20.0. The second kappa shape index (κ2) is 7.64. The zero-order valence-corrected chi connectivity index (χ0v) is 18.1. The van der Waals surface area contributed by atoms with Crippen LogP contribution in [0.15, 0.2) is 78.9 Å². The van der Waals surface area contributed by atoms with Crippen LogP contribution in [-0.4, -0.2) is 0 Å². The first-order valence-corrected chi connectivity index (χ1v) is 10.6. The molecule has 0 unspecified atom stereocenters. The highest BCUT2D eigenvalue weighted by atomic mass is 127. The summed E-state index contributed by atoms with van der Waals surface area (Å²) in [5.74, 6) is -3.73. The second-order valence-corrected chi connectivity index (χ2v) is 8.30. The van der Waals surface area contributed by atoms with E-state index in [0.717, 1.165) is 32.0 Å². The summed E-state index contributed by atoms with van der Waals surface area (Å²) >= 11 is 2.21. The van der Waals surface area contributed by atoms with E-state index in [9.17, 15) is 17.6 Å². The van der Waals surface area contributed by atoms with Crippen LogP contribution in [0.5, 0.6) is 0 Å². The molecule has 0 aromatic heterocycles. The molecule has 0 atom stereocenters. The van der Waals surface area contributed by atoms with Crippen LogP contribution in [0.1, 0.15) is 0 Å². The van der Waals surface area contributed by atoms with Crippen molar-refractivity contribution in [1.82, 2.24) is 0 Å². The van der Waals surface area contributed by atoms with Crippen molar-refractivity contribution in [1.29, 1.82) is 0 Å². The lowest BCUT2D eigenvalue weighted by molar-refractivity contribution is 0.509. The van der Waals surface area contributed by atoms with Crippen molar-refractivity contribution < 1.29 is 17.6 Å². The molecule has 0 fully saturated rings. The largest absolute Gasteiger partial charge is 0.204 e. The van der Waals surface area contributed by atoms with E-state index < -0.39 is 23.3 Å². The summed E-state index contributed by atoms with van der Waals surface area (Å²) in [6.07, 6.45) is 0. The van der Waals surface area contributed by atoms with E-state index in [-0.39, 0.29) is 0 Å². The Morgan fingerprint density at radius 1 is 0.484 bits per heavy atom. The van der Waals surface area contributed by atoms with Gasteiger partial charge in [-0.25, -0.2) is 17.6 Å². The average Bonchev–Trinajstić information content (AvgIpc) is 2.78. The molecule has 5 rings (SSSR count). The molecule has 0 N–H and O–H groups in total. The highest BCUT2D eigenvalue weighted by Gasteiger charge is 2.19. The molecule has 0 aliphatic carbocycles. The molecule has 0 aliphatic rings. The Bertz CT molecular complexity index is 1490. The van der Waals surface area contributed by atoms with Gasteiger partial charge in [-0.05, 0) is 85.1 Å². The summed E-state index contributed by atoms with van der Waals surface area (Å²) in [5, 5.41) is 2.86. The summed E-state index contributed by atoms with van der Waals surface area (Å²) < 4.78 is 56.9. The Hall–Kier alpha value is -2.93. The minimum Gasteiger partial charge on any atom is -0.204 e. The molecule has 0 heterocycles. The van der Waals surface area contributed by atoms with Gasteiger partial charge in [-0.2, -0.15) is 0 Å². The number of rotatable bonds is 2. The van der Waals surface area contributed by atoms with E-state index in [4.69, 9.17) is 0 Å². The van der Waals surface area contributed by atoms with Crippen molar-refractivity contribution in [3.63, 3.8) is 0 Å². The number of halogens is 5. The van der Waals surface area contributed by atoms with Gasteiger partial charge >= 0.3 is 0 Å². The molecule has 0 nitrogen and oxygen atoms in total. The third-order valence-corrected chi connectivity index (χ3v) is 6.55. The van der Waals surface area contributed by atoms with E-state index >= 15 is 0 Å². The SMILES string of the molecule is Fc1ccc(-c2ccccc2-c2c(I)c3ccccc3c3cc(F)c(F)cc23)cc1F. The highest BCUT2D eigenvalue weighted by molar-refractivity contribution is 14.1. The van der Waals surface area contributed by atoms with Crippen LogP contribution in [0.2, 0.25) is 0 Å². The van der Waals surface area contributed by atoms with Gasteiger partial charge in [-0.3, -0.25) is 0 Å². The van der Waals surface area contributed by atoms with Crippen LogP contribution < -0.4 is 0 Å². The van der Waals surface area contributed by atoms with Gasteiger partial charge in [-0.1, -0.05) is 54.6 Å². The van der Waals surface area contributed by atoms with E-state index in [0.29, 0.717) is 27.5 Å². The lowest BCUT2D eigenvalue weighted by atomic mass is 9.89. The van der Waals surface area contributed by atoms with Crippen molar-refractivity contribution in [3.8, 4) is 22.3 Å². The monoisotopic (exact) mass is 528 g/mol. The van der Waals surface area contributed by atoms with Crippen molar-refractivity contribution in [3.05, 3.63) is 106 Å². The molecule has 0 radical (unpaired) electrons. The lowest BCUT2D eigenvalue weighted by Crippen LogP contribution is -1.95. The van der Waals surface area contributed by atoms with Gasteiger partial charge in [0.2, 0.25) is 0 Å². The normalized spacial score (nSPS) is 11.4. The number of hydrogen-bond acceptors (Lipinski definition) is 0. The summed E-state index contributed by atoms with van der Waals surface area (Å²) in [6, 6.07) is 21.0. The third-order valence-electron chi connectivity index (χ3n) is 5.43. The molecule has 0 amide bonds. The molecule has 0 saturated carbocycles. The van der Waals surface area contributed by atoms with Crippen LogP contribution in [0.25, 0.3) is 43.8 Å². The van der Waals surface area contributed by atoms with Crippen LogP contribution in [0.4, 0.5) is 17.6 Å². The summed E-state index contributed by atoms with van der Waals surface area (Å²) in [5.41, 5.74) is 2.60. The smallest absolute Gasteiger partial charge is 0.159 e. The van der Waals surface area contributed by atoms with E-state index in [1.807, 2.05) is 36.4 Å². The summed E-state index contributed by atoms with van der Waals surface area (Å²) in [4.78, 5) is 0. The molecule has 0 saturated heterocycles. The summed E-state index contributed by atoms with van der Waals surface area (Å²) in [7, 11) is 0. The Labute approximate surface area is 189 Å². The fraction of sp³-hybridized carbons (Fsp3) is 0. The predicted molar refractivity (Wildman–Crippen MR) is 125 cm³/mol. The van der Waals surface area contributed by atoms with Gasteiger partial charge in [0.1, 0.15) is 0 Å². The Kier molecular flexibility index (Phi) is 4.93. The fourth-order valence-corrected chi connectivity index (χ4v) is 5.07. The maximum absolute atomic E-state index is 14.3. The topological polar surface area (TPSA) is 0 Å². The molecule has 0 aliphatic heterocycles. The minimum atomic E-state index is -0.946. The zero-order chi connectivity index (χ0) is 21.7. The molecule has 5 heteroatoms. The number of benzene rings is 5. The Morgan fingerprint density at radius 3 is 1.77 bits per heavy atom. The van der Waals surface area contributed by atoms with E-state index in [1.165, 1.54) is 18.2 Å². The molecule has 0 bridgehead atoms. The van der Waals surface area contributed by atoms with Gasteiger partial charge < -0.3 is 0 Å². The minimum absolute atomic E-state index is 0.495. The molecular weight excluding hydrogens is 515 g/mol. The molecule has 31 heavy (non-hydrogen) atoms. The van der Waals surface area contributed by atoms with Gasteiger partial charge in [0.05, 0.1) is 0 Å². The molecular formula is C26H13F4I. The van der Waals surface area contributed by atoms with Crippen LogP contribution in [-0.2, 0) is 0 Å². The number of fused-ring (bicyclic) bond motifs is 3. The third kappa shape index (κ3) is 3.28. The van der Waals surface area contributed by atoms with Crippen LogP contribution in [0, 0.1) is 26.8 Å².